The molecule has 1 aliphatic heterocycles. The Bertz CT molecular complexity index is 373. The predicted molar refractivity (Wildman–Crippen MR) is 51.3 cm³/mol. The molecule has 1 unspecified atom stereocenters. The summed E-state index contributed by atoms with van der Waals surface area (Å²) in [4.78, 5) is 27.5. The summed E-state index contributed by atoms with van der Waals surface area (Å²) in [5.74, 6) is 0.0331. The largest absolute Gasteiger partial charge is 0.323 e. The van der Waals surface area contributed by atoms with Gasteiger partial charge in [0, 0.05) is 18.7 Å². The van der Waals surface area contributed by atoms with E-state index in [9.17, 15) is 9.59 Å². The summed E-state index contributed by atoms with van der Waals surface area (Å²) in [6, 6.07) is 0. The summed E-state index contributed by atoms with van der Waals surface area (Å²) in [6.07, 6.45) is 3.36. The van der Waals surface area contributed by atoms with E-state index in [-0.39, 0.29) is 17.4 Å². The molecule has 1 aromatic heterocycles. The molecule has 0 saturated carbocycles. The number of imidazole rings is 1. The first kappa shape index (κ1) is 9.21. The van der Waals surface area contributed by atoms with Crippen LogP contribution >= 0.6 is 0 Å². The highest BCUT2D eigenvalue weighted by Gasteiger charge is 2.23. The van der Waals surface area contributed by atoms with Gasteiger partial charge >= 0.3 is 5.69 Å². The van der Waals surface area contributed by atoms with Crippen molar-refractivity contribution in [2.24, 2.45) is 5.92 Å². The maximum atomic E-state index is 11.8. The second kappa shape index (κ2) is 3.79. The number of aromatic amines is 2. The number of hydrogen-bond donors (Lipinski definition) is 3. The molecule has 76 valence electrons. The first-order valence-electron chi connectivity index (χ1n) is 4.80. The lowest BCUT2D eigenvalue weighted by Crippen LogP contribution is -2.34. The first-order chi connectivity index (χ1) is 6.77. The second-order valence-corrected chi connectivity index (χ2v) is 3.56. The van der Waals surface area contributed by atoms with Crippen molar-refractivity contribution in [1.29, 1.82) is 0 Å². The molecule has 2 heterocycles. The highest BCUT2D eigenvalue weighted by atomic mass is 16.1. The fourth-order valence-electron chi connectivity index (χ4n) is 1.76. The summed E-state index contributed by atoms with van der Waals surface area (Å²) >= 11 is 0. The van der Waals surface area contributed by atoms with Gasteiger partial charge in [-0.1, -0.05) is 0 Å². The standard InChI is InChI=1S/C9H13N3O2/c13-8(6-2-1-3-10-4-6)7-5-11-9(14)12-7/h5-6,10H,1-4H2,(H2,11,12,14). The number of rotatable bonds is 2. The van der Waals surface area contributed by atoms with E-state index in [2.05, 4.69) is 15.3 Å². The maximum Gasteiger partial charge on any atom is 0.323 e. The zero-order chi connectivity index (χ0) is 9.97. The van der Waals surface area contributed by atoms with Crippen molar-refractivity contribution < 1.29 is 4.79 Å². The highest BCUT2D eigenvalue weighted by molar-refractivity contribution is 5.96. The van der Waals surface area contributed by atoms with Crippen LogP contribution in [-0.4, -0.2) is 28.8 Å². The molecule has 3 N–H and O–H groups in total. The van der Waals surface area contributed by atoms with Crippen LogP contribution in [0, 0.1) is 5.92 Å². The van der Waals surface area contributed by atoms with Crippen LogP contribution in [0.5, 0.6) is 0 Å². The van der Waals surface area contributed by atoms with Crippen molar-refractivity contribution in [2.75, 3.05) is 13.1 Å². The Kier molecular flexibility index (Phi) is 2.49. The van der Waals surface area contributed by atoms with Crippen molar-refractivity contribution >= 4 is 5.78 Å². The molecule has 1 aliphatic rings. The summed E-state index contributed by atoms with van der Waals surface area (Å²) in [7, 11) is 0. The van der Waals surface area contributed by atoms with Gasteiger partial charge in [-0.25, -0.2) is 4.79 Å². The molecule has 0 bridgehead atoms. The molecule has 14 heavy (non-hydrogen) atoms. The molecule has 0 radical (unpaired) electrons. The van der Waals surface area contributed by atoms with E-state index in [0.717, 1.165) is 19.4 Å². The minimum absolute atomic E-state index is 0.00944. The van der Waals surface area contributed by atoms with Gasteiger partial charge in [0.15, 0.2) is 5.78 Å². The molecule has 5 heteroatoms. The van der Waals surface area contributed by atoms with Crippen LogP contribution in [0.3, 0.4) is 0 Å². The van der Waals surface area contributed by atoms with Crippen LogP contribution in [-0.2, 0) is 0 Å². The van der Waals surface area contributed by atoms with Crippen LogP contribution in [0.1, 0.15) is 23.3 Å². The number of hydrogen-bond acceptors (Lipinski definition) is 3. The van der Waals surface area contributed by atoms with Gasteiger partial charge in [0.1, 0.15) is 5.69 Å². The fraction of sp³-hybridized carbons (Fsp3) is 0.556. The maximum absolute atomic E-state index is 11.8. The van der Waals surface area contributed by atoms with Crippen molar-refractivity contribution in [3.63, 3.8) is 0 Å². The molecule has 0 aliphatic carbocycles. The number of H-pyrrole nitrogens is 2. The monoisotopic (exact) mass is 195 g/mol. The first-order valence-corrected chi connectivity index (χ1v) is 4.80. The Hall–Kier alpha value is -1.36. The number of Topliss-reactive ketones (excluding diaryl/α,β-unsaturated/α-hetero) is 1. The van der Waals surface area contributed by atoms with Crippen molar-refractivity contribution in [1.82, 2.24) is 15.3 Å². The zero-order valence-corrected chi connectivity index (χ0v) is 7.80. The molecule has 1 aromatic rings. The fourth-order valence-corrected chi connectivity index (χ4v) is 1.76. The molecule has 2 rings (SSSR count). The van der Waals surface area contributed by atoms with Crippen molar-refractivity contribution in [3.8, 4) is 0 Å². The quantitative estimate of drug-likeness (QED) is 0.576. The lowest BCUT2D eigenvalue weighted by molar-refractivity contribution is 0.0895. The van der Waals surface area contributed by atoms with E-state index >= 15 is 0 Å². The third-order valence-corrected chi connectivity index (χ3v) is 2.53. The molecular weight excluding hydrogens is 182 g/mol. The van der Waals surface area contributed by atoms with Gasteiger partial charge in [-0.05, 0) is 19.4 Å². The smallest absolute Gasteiger partial charge is 0.316 e. The Morgan fingerprint density at radius 2 is 2.36 bits per heavy atom. The lowest BCUT2D eigenvalue weighted by atomic mass is 9.94. The summed E-state index contributed by atoms with van der Waals surface area (Å²) in [6.45, 7) is 1.69. The van der Waals surface area contributed by atoms with E-state index in [1.54, 1.807) is 0 Å². The molecule has 1 saturated heterocycles. The Morgan fingerprint density at radius 3 is 2.93 bits per heavy atom. The van der Waals surface area contributed by atoms with Gasteiger partial charge in [-0.15, -0.1) is 0 Å². The van der Waals surface area contributed by atoms with Crippen molar-refractivity contribution in [3.05, 3.63) is 22.4 Å². The van der Waals surface area contributed by atoms with Crippen LogP contribution < -0.4 is 11.0 Å². The van der Waals surface area contributed by atoms with Crippen LogP contribution in [0.25, 0.3) is 0 Å². The molecule has 1 atom stereocenters. The van der Waals surface area contributed by atoms with E-state index in [1.165, 1.54) is 6.20 Å². The number of nitrogens with one attached hydrogen (secondary N) is 3. The lowest BCUT2D eigenvalue weighted by Gasteiger charge is -2.20. The van der Waals surface area contributed by atoms with E-state index in [1.807, 2.05) is 0 Å². The van der Waals surface area contributed by atoms with Gasteiger partial charge in [0.25, 0.3) is 0 Å². The summed E-state index contributed by atoms with van der Waals surface area (Å²) in [5, 5.41) is 3.17. The van der Waals surface area contributed by atoms with Crippen LogP contribution in [0.4, 0.5) is 0 Å². The van der Waals surface area contributed by atoms with Crippen molar-refractivity contribution in [2.45, 2.75) is 12.8 Å². The summed E-state index contributed by atoms with van der Waals surface area (Å²) < 4.78 is 0. The number of ketones is 1. The second-order valence-electron chi connectivity index (χ2n) is 3.56. The Morgan fingerprint density at radius 1 is 1.50 bits per heavy atom. The SMILES string of the molecule is O=C(c1c[nH]c(=O)[nH]1)C1CCCNC1. The molecular formula is C9H13N3O2. The van der Waals surface area contributed by atoms with E-state index in [0.29, 0.717) is 12.2 Å². The molecule has 0 spiro atoms. The number of carbonyl (C=O) groups is 1. The van der Waals surface area contributed by atoms with Gasteiger partial charge in [0.05, 0.1) is 0 Å². The normalized spacial score (nSPS) is 22.1. The molecule has 1 fully saturated rings. The Labute approximate surface area is 80.9 Å². The Balaban J connectivity index is 2.10. The van der Waals surface area contributed by atoms with E-state index < -0.39 is 0 Å². The minimum atomic E-state index is -0.322. The minimum Gasteiger partial charge on any atom is -0.316 e. The van der Waals surface area contributed by atoms with Gasteiger partial charge in [0.2, 0.25) is 0 Å². The van der Waals surface area contributed by atoms with Crippen LogP contribution in [0.15, 0.2) is 11.0 Å². The topological polar surface area (TPSA) is 77.8 Å². The average Bonchev–Trinajstić information content (AvgIpc) is 2.65. The van der Waals surface area contributed by atoms with Crippen LogP contribution in [0.2, 0.25) is 0 Å². The molecule has 0 amide bonds. The van der Waals surface area contributed by atoms with E-state index in [4.69, 9.17) is 0 Å². The van der Waals surface area contributed by atoms with Gasteiger partial charge in [-0.2, -0.15) is 0 Å². The third-order valence-electron chi connectivity index (χ3n) is 2.53. The third kappa shape index (κ3) is 1.77. The highest BCUT2D eigenvalue weighted by Crippen LogP contribution is 2.14. The van der Waals surface area contributed by atoms with Gasteiger partial charge < -0.3 is 15.3 Å². The molecule has 5 nitrogen and oxygen atoms in total. The zero-order valence-electron chi connectivity index (χ0n) is 7.80. The predicted octanol–water partition coefficient (Wildman–Crippen LogP) is -0.115. The van der Waals surface area contributed by atoms with Gasteiger partial charge in [-0.3, -0.25) is 4.79 Å². The summed E-state index contributed by atoms with van der Waals surface area (Å²) in [5.41, 5.74) is 0.0702. The molecule has 0 aromatic carbocycles. The number of carbonyl (C=O) groups excluding carboxylic acids is 1. The number of aromatic nitrogens is 2. The average molecular weight is 195 g/mol. The number of piperidine rings is 1.